The molecule has 0 unspecified atom stereocenters. The molecule has 0 saturated carbocycles. The molecule has 0 bridgehead atoms. The van der Waals surface area contributed by atoms with Gasteiger partial charge in [0, 0.05) is 19.5 Å². The lowest BCUT2D eigenvalue weighted by molar-refractivity contribution is -0.148. The second-order valence-electron chi connectivity index (χ2n) is 4.21. The van der Waals surface area contributed by atoms with Gasteiger partial charge in [0.25, 0.3) is 0 Å². The molecule has 1 heterocycles. The van der Waals surface area contributed by atoms with Crippen molar-refractivity contribution in [2.24, 2.45) is 0 Å². The van der Waals surface area contributed by atoms with Gasteiger partial charge in [-0.05, 0) is 19.9 Å². The van der Waals surface area contributed by atoms with Crippen LogP contribution in [0.3, 0.4) is 0 Å². The van der Waals surface area contributed by atoms with E-state index in [2.05, 4.69) is 10.6 Å². The van der Waals surface area contributed by atoms with Crippen molar-refractivity contribution in [2.75, 3.05) is 26.7 Å². The number of likely N-dealkylation sites (tertiary alicyclic amines) is 1. The van der Waals surface area contributed by atoms with E-state index >= 15 is 0 Å². The minimum Gasteiger partial charge on any atom is -0.480 e. The van der Waals surface area contributed by atoms with Crippen molar-refractivity contribution in [1.29, 1.82) is 0 Å². The number of likely N-dealkylation sites (N-methyl/N-ethyl adjacent to an activating group) is 1. The lowest BCUT2D eigenvalue weighted by Crippen LogP contribution is -2.42. The maximum absolute atomic E-state index is 11.8. The summed E-state index contributed by atoms with van der Waals surface area (Å²) in [6, 6.07) is -0.703. The summed E-state index contributed by atoms with van der Waals surface area (Å²) in [6.45, 7) is 0.929. The molecular formula is C11H19N3O4. The maximum Gasteiger partial charge on any atom is 0.326 e. The van der Waals surface area contributed by atoms with Gasteiger partial charge in [0.15, 0.2) is 0 Å². The van der Waals surface area contributed by atoms with Crippen LogP contribution in [-0.2, 0) is 14.4 Å². The summed E-state index contributed by atoms with van der Waals surface area (Å²) in [5, 5.41) is 14.2. The summed E-state index contributed by atoms with van der Waals surface area (Å²) >= 11 is 0. The highest BCUT2D eigenvalue weighted by Crippen LogP contribution is 2.18. The molecule has 0 aromatic rings. The van der Waals surface area contributed by atoms with E-state index in [-0.39, 0.29) is 31.3 Å². The molecule has 0 aromatic heterocycles. The topological polar surface area (TPSA) is 98.7 Å². The van der Waals surface area contributed by atoms with Crippen molar-refractivity contribution in [1.82, 2.24) is 15.5 Å². The van der Waals surface area contributed by atoms with Crippen molar-refractivity contribution in [3.8, 4) is 0 Å². The number of hydrogen-bond donors (Lipinski definition) is 3. The monoisotopic (exact) mass is 257 g/mol. The van der Waals surface area contributed by atoms with Gasteiger partial charge < -0.3 is 20.6 Å². The molecule has 2 amide bonds. The third-order valence-corrected chi connectivity index (χ3v) is 2.86. The Labute approximate surface area is 106 Å². The molecule has 1 saturated heterocycles. The number of carbonyl (C=O) groups is 3. The van der Waals surface area contributed by atoms with Crippen molar-refractivity contribution >= 4 is 17.8 Å². The van der Waals surface area contributed by atoms with Crippen molar-refractivity contribution < 1.29 is 19.5 Å². The number of nitrogens with zero attached hydrogens (tertiary/aromatic N) is 1. The Morgan fingerprint density at radius 1 is 1.39 bits per heavy atom. The lowest BCUT2D eigenvalue weighted by atomic mass is 10.2. The summed E-state index contributed by atoms with van der Waals surface area (Å²) in [4.78, 5) is 35.2. The van der Waals surface area contributed by atoms with Crippen molar-refractivity contribution in [3.63, 3.8) is 0 Å². The third-order valence-electron chi connectivity index (χ3n) is 2.86. The first kappa shape index (κ1) is 14.4. The molecule has 1 aliphatic heterocycles. The van der Waals surface area contributed by atoms with Crippen LogP contribution >= 0.6 is 0 Å². The molecule has 1 rings (SSSR count). The molecule has 102 valence electrons. The second-order valence-corrected chi connectivity index (χ2v) is 4.21. The Morgan fingerprint density at radius 3 is 2.72 bits per heavy atom. The fraction of sp³-hybridized carbons (Fsp3) is 0.727. The van der Waals surface area contributed by atoms with Gasteiger partial charge >= 0.3 is 5.97 Å². The van der Waals surface area contributed by atoms with Crippen molar-refractivity contribution in [3.05, 3.63) is 0 Å². The Balaban J connectivity index is 2.32. The Hall–Kier alpha value is -1.63. The second kappa shape index (κ2) is 6.95. The molecule has 18 heavy (non-hydrogen) atoms. The molecule has 7 nitrogen and oxygen atoms in total. The fourth-order valence-corrected chi connectivity index (χ4v) is 2.00. The number of carbonyl (C=O) groups excluding carboxylic acids is 2. The summed E-state index contributed by atoms with van der Waals surface area (Å²) in [5.74, 6) is -1.36. The lowest BCUT2D eigenvalue weighted by Gasteiger charge is -2.21. The molecule has 7 heteroatoms. The minimum absolute atomic E-state index is 0.138. The molecule has 0 aromatic carbocycles. The van der Waals surface area contributed by atoms with Crippen LogP contribution in [0.1, 0.15) is 19.3 Å². The molecular weight excluding hydrogens is 238 g/mol. The van der Waals surface area contributed by atoms with E-state index in [4.69, 9.17) is 5.11 Å². The van der Waals surface area contributed by atoms with E-state index in [1.807, 2.05) is 0 Å². The van der Waals surface area contributed by atoms with Gasteiger partial charge in [-0.3, -0.25) is 9.59 Å². The number of nitrogens with one attached hydrogen (secondary N) is 2. The molecule has 3 N–H and O–H groups in total. The number of hydrogen-bond acceptors (Lipinski definition) is 4. The smallest absolute Gasteiger partial charge is 0.326 e. The quantitative estimate of drug-likeness (QED) is 0.554. The molecule has 0 spiro atoms. The average molecular weight is 257 g/mol. The molecule has 1 fully saturated rings. The zero-order valence-corrected chi connectivity index (χ0v) is 10.4. The summed E-state index contributed by atoms with van der Waals surface area (Å²) in [5.41, 5.74) is 0. The van der Waals surface area contributed by atoms with E-state index in [0.717, 1.165) is 6.42 Å². The van der Waals surface area contributed by atoms with Gasteiger partial charge in [0.2, 0.25) is 11.8 Å². The Bertz CT molecular complexity index is 332. The Kier molecular flexibility index (Phi) is 5.57. The standard InChI is InChI=1S/C11H19N3O4/c1-12-7-9(15)13-5-4-10(16)14-6-2-3-8(14)11(17)18/h8,12H,2-7H2,1H3,(H,13,15)(H,17,18)/t8-/m0/s1. The largest absolute Gasteiger partial charge is 0.480 e. The fourth-order valence-electron chi connectivity index (χ4n) is 2.00. The summed E-state index contributed by atoms with van der Waals surface area (Å²) < 4.78 is 0. The number of aliphatic carboxylic acids is 1. The molecule has 1 aliphatic rings. The average Bonchev–Trinajstić information content (AvgIpc) is 2.78. The van der Waals surface area contributed by atoms with Gasteiger partial charge in [-0.25, -0.2) is 4.79 Å². The highest BCUT2D eigenvalue weighted by Gasteiger charge is 2.33. The van der Waals surface area contributed by atoms with E-state index in [1.165, 1.54) is 4.90 Å². The minimum atomic E-state index is -0.958. The number of amides is 2. The van der Waals surface area contributed by atoms with Gasteiger partial charge in [-0.15, -0.1) is 0 Å². The van der Waals surface area contributed by atoms with Crippen molar-refractivity contribution in [2.45, 2.75) is 25.3 Å². The zero-order chi connectivity index (χ0) is 13.5. The van der Waals surface area contributed by atoms with Crippen LogP contribution in [0.5, 0.6) is 0 Å². The third kappa shape index (κ3) is 3.99. The molecule has 0 radical (unpaired) electrons. The van der Waals surface area contributed by atoms with Crippen LogP contribution in [0.15, 0.2) is 0 Å². The van der Waals surface area contributed by atoms with Crippen LogP contribution < -0.4 is 10.6 Å². The first-order valence-corrected chi connectivity index (χ1v) is 6.00. The van der Waals surface area contributed by atoms with Gasteiger partial charge in [-0.1, -0.05) is 0 Å². The van der Waals surface area contributed by atoms with Gasteiger partial charge in [0.1, 0.15) is 6.04 Å². The van der Waals surface area contributed by atoms with Crippen LogP contribution in [0.25, 0.3) is 0 Å². The zero-order valence-electron chi connectivity index (χ0n) is 10.4. The SMILES string of the molecule is CNCC(=O)NCCC(=O)N1CCC[C@H]1C(=O)O. The number of carboxylic acids is 1. The number of rotatable bonds is 6. The highest BCUT2D eigenvalue weighted by molar-refractivity contribution is 5.85. The molecule has 0 aliphatic carbocycles. The van der Waals surface area contributed by atoms with E-state index < -0.39 is 12.0 Å². The van der Waals surface area contributed by atoms with Gasteiger partial charge in [0.05, 0.1) is 6.54 Å². The first-order chi connectivity index (χ1) is 8.56. The van der Waals surface area contributed by atoms with Crippen LogP contribution in [-0.4, -0.2) is 60.5 Å². The predicted molar refractivity (Wildman–Crippen MR) is 63.9 cm³/mol. The highest BCUT2D eigenvalue weighted by atomic mass is 16.4. The van der Waals surface area contributed by atoms with Crippen LogP contribution in [0, 0.1) is 0 Å². The Morgan fingerprint density at radius 2 is 2.11 bits per heavy atom. The first-order valence-electron chi connectivity index (χ1n) is 6.00. The molecule has 1 atom stereocenters. The summed E-state index contributed by atoms with van der Waals surface area (Å²) in [7, 11) is 1.66. The van der Waals surface area contributed by atoms with Crippen LogP contribution in [0.2, 0.25) is 0 Å². The van der Waals surface area contributed by atoms with Crippen LogP contribution in [0.4, 0.5) is 0 Å². The normalized spacial score (nSPS) is 18.7. The number of carboxylic acid groups (broad SMARTS) is 1. The van der Waals surface area contributed by atoms with Gasteiger partial charge in [-0.2, -0.15) is 0 Å². The predicted octanol–water partition coefficient (Wildman–Crippen LogP) is -1.21. The maximum atomic E-state index is 11.8. The van der Waals surface area contributed by atoms with E-state index in [0.29, 0.717) is 13.0 Å². The van der Waals surface area contributed by atoms with E-state index in [9.17, 15) is 14.4 Å². The van der Waals surface area contributed by atoms with E-state index in [1.54, 1.807) is 7.05 Å². The summed E-state index contributed by atoms with van der Waals surface area (Å²) in [6.07, 6.45) is 1.36.